The molecule has 5 nitrogen and oxygen atoms in total. The van der Waals surface area contributed by atoms with Crippen LogP contribution in [0.3, 0.4) is 0 Å². The average molecular weight is 464 g/mol. The van der Waals surface area contributed by atoms with E-state index in [0.29, 0.717) is 40.3 Å². The van der Waals surface area contributed by atoms with Crippen molar-refractivity contribution < 1.29 is 19.1 Å². The molecule has 1 aliphatic heterocycles. The maximum Gasteiger partial charge on any atom is 0.238 e. The van der Waals surface area contributed by atoms with Gasteiger partial charge in [0.05, 0.1) is 17.5 Å². The molecule has 2 aromatic rings. The largest absolute Gasteiger partial charge is 0.485 e. The van der Waals surface area contributed by atoms with E-state index < -0.39 is 0 Å². The van der Waals surface area contributed by atoms with E-state index in [1.807, 2.05) is 6.92 Å². The number of imide groups is 1. The number of Topliss-reactive ketones (excluding diaryl/α,β-unsaturated/α-hetero) is 1. The third-order valence-electron chi connectivity index (χ3n) is 7.25. The van der Waals surface area contributed by atoms with Gasteiger partial charge in [-0.2, -0.15) is 0 Å². The van der Waals surface area contributed by atoms with Crippen LogP contribution in [0.1, 0.15) is 35.7 Å². The molecular weight excluding hydrogens is 438 g/mol. The predicted octanol–water partition coefficient (Wildman–Crippen LogP) is 5.25. The standard InChI is InChI=1S/C27H26ClNO4/c1-15-13-22(15)20-4-3-5-21-25(20)27(32)29(26(21)31)18-7-9-19(10-8-18)33-14-24(30)17-6-11-23(28)16(2)12-17/h3-4,6-12,15,20-22,25H,5,13-14H2,1-2H3. The molecule has 6 heteroatoms. The molecule has 0 spiro atoms. The number of ketones is 1. The average Bonchev–Trinajstić information content (AvgIpc) is 3.49. The Morgan fingerprint density at radius 2 is 1.85 bits per heavy atom. The normalized spacial score (nSPS) is 28.1. The van der Waals surface area contributed by atoms with E-state index in [-0.39, 0.29) is 42.0 Å². The van der Waals surface area contributed by atoms with Crippen LogP contribution in [0.4, 0.5) is 5.69 Å². The van der Waals surface area contributed by atoms with Gasteiger partial charge in [-0.05, 0) is 85.5 Å². The van der Waals surface area contributed by atoms with Gasteiger partial charge >= 0.3 is 0 Å². The van der Waals surface area contributed by atoms with Gasteiger partial charge in [-0.1, -0.05) is 30.7 Å². The third-order valence-corrected chi connectivity index (χ3v) is 7.67. The maximum absolute atomic E-state index is 13.3. The summed E-state index contributed by atoms with van der Waals surface area (Å²) in [6.45, 7) is 3.94. The molecular formula is C27H26ClNO4. The molecule has 5 unspecified atom stereocenters. The molecule has 33 heavy (non-hydrogen) atoms. The molecule has 0 N–H and O–H groups in total. The third kappa shape index (κ3) is 3.99. The highest BCUT2D eigenvalue weighted by molar-refractivity contribution is 6.31. The lowest BCUT2D eigenvalue weighted by Crippen LogP contribution is -2.32. The minimum atomic E-state index is -0.267. The van der Waals surface area contributed by atoms with Crippen LogP contribution in [-0.2, 0) is 9.59 Å². The number of amides is 2. The van der Waals surface area contributed by atoms with Gasteiger partial charge in [-0.25, -0.2) is 0 Å². The van der Waals surface area contributed by atoms with Crippen molar-refractivity contribution in [3.8, 4) is 5.75 Å². The first kappa shape index (κ1) is 21.9. The first-order valence-electron chi connectivity index (χ1n) is 11.4. The molecule has 5 atom stereocenters. The SMILES string of the molecule is Cc1cc(C(=O)COc2ccc(N3C(=O)C4CC=CC(C5CC5C)C4C3=O)cc2)ccc1Cl. The molecule has 0 bridgehead atoms. The lowest BCUT2D eigenvalue weighted by atomic mass is 9.75. The fourth-order valence-corrected chi connectivity index (χ4v) is 5.34. The number of halogens is 1. The summed E-state index contributed by atoms with van der Waals surface area (Å²) in [6, 6.07) is 11.9. The van der Waals surface area contributed by atoms with Crippen LogP contribution in [0, 0.1) is 36.5 Å². The zero-order valence-electron chi connectivity index (χ0n) is 18.7. The Hall–Kier alpha value is -2.92. The number of ether oxygens (including phenoxy) is 1. The van der Waals surface area contributed by atoms with Crippen molar-refractivity contribution in [3.05, 3.63) is 70.8 Å². The van der Waals surface area contributed by atoms with Crippen molar-refractivity contribution >= 4 is 34.9 Å². The van der Waals surface area contributed by atoms with Gasteiger partial charge in [0.15, 0.2) is 12.4 Å². The molecule has 1 saturated carbocycles. The number of nitrogens with zero attached hydrogens (tertiary/aromatic N) is 1. The number of carbonyl (C=O) groups excluding carboxylic acids is 3. The van der Waals surface area contributed by atoms with Crippen LogP contribution in [0.5, 0.6) is 5.75 Å². The zero-order chi connectivity index (χ0) is 23.3. The summed E-state index contributed by atoms with van der Waals surface area (Å²) < 4.78 is 5.65. The molecule has 0 radical (unpaired) electrons. The van der Waals surface area contributed by atoms with Crippen molar-refractivity contribution in [1.29, 1.82) is 0 Å². The second-order valence-electron chi connectivity index (χ2n) is 9.43. The number of aryl methyl sites for hydroxylation is 1. The smallest absolute Gasteiger partial charge is 0.238 e. The quantitative estimate of drug-likeness (QED) is 0.333. The zero-order valence-corrected chi connectivity index (χ0v) is 19.4. The Labute approximate surface area is 198 Å². The summed E-state index contributed by atoms with van der Waals surface area (Å²) in [5.74, 6) is 0.891. The van der Waals surface area contributed by atoms with Crippen LogP contribution in [0.2, 0.25) is 5.02 Å². The molecule has 2 fully saturated rings. The molecule has 1 heterocycles. The van der Waals surface area contributed by atoms with Crippen LogP contribution in [0.15, 0.2) is 54.6 Å². The number of hydrogen-bond acceptors (Lipinski definition) is 4. The van der Waals surface area contributed by atoms with Gasteiger partial charge in [-0.15, -0.1) is 0 Å². The Bertz CT molecular complexity index is 1160. The number of allylic oxidation sites excluding steroid dienone is 2. The van der Waals surface area contributed by atoms with E-state index in [0.717, 1.165) is 12.0 Å². The summed E-state index contributed by atoms with van der Waals surface area (Å²) in [6.07, 6.45) is 5.97. The van der Waals surface area contributed by atoms with E-state index >= 15 is 0 Å². The minimum absolute atomic E-state index is 0.0968. The van der Waals surface area contributed by atoms with Gasteiger partial charge in [0, 0.05) is 10.6 Å². The summed E-state index contributed by atoms with van der Waals surface area (Å²) in [5, 5.41) is 0.614. The molecule has 5 rings (SSSR count). The Kier molecular flexibility index (Phi) is 5.61. The molecule has 1 saturated heterocycles. The van der Waals surface area contributed by atoms with Crippen molar-refractivity contribution in [2.45, 2.75) is 26.7 Å². The molecule has 2 aliphatic carbocycles. The van der Waals surface area contributed by atoms with E-state index in [4.69, 9.17) is 16.3 Å². The number of hydrogen-bond donors (Lipinski definition) is 0. The number of anilines is 1. The van der Waals surface area contributed by atoms with Crippen molar-refractivity contribution in [2.24, 2.45) is 29.6 Å². The molecule has 0 aromatic heterocycles. The summed E-state index contributed by atoms with van der Waals surface area (Å²) in [4.78, 5) is 40.2. The second kappa shape index (κ2) is 8.45. The molecule has 2 aromatic carbocycles. The highest BCUT2D eigenvalue weighted by Gasteiger charge is 2.56. The van der Waals surface area contributed by atoms with Crippen LogP contribution < -0.4 is 9.64 Å². The summed E-state index contributed by atoms with van der Waals surface area (Å²) in [5.41, 5.74) is 1.92. The summed E-state index contributed by atoms with van der Waals surface area (Å²) in [7, 11) is 0. The molecule has 170 valence electrons. The monoisotopic (exact) mass is 463 g/mol. The lowest BCUT2D eigenvalue weighted by Gasteiger charge is -2.26. The van der Waals surface area contributed by atoms with Crippen molar-refractivity contribution in [2.75, 3.05) is 11.5 Å². The highest BCUT2D eigenvalue weighted by Crippen LogP contribution is 2.53. The fraction of sp³-hybridized carbons (Fsp3) is 0.370. The van der Waals surface area contributed by atoms with Crippen molar-refractivity contribution in [3.63, 3.8) is 0 Å². The maximum atomic E-state index is 13.3. The van der Waals surface area contributed by atoms with E-state index in [1.165, 1.54) is 4.90 Å². The molecule has 3 aliphatic rings. The van der Waals surface area contributed by atoms with Gasteiger partial charge in [-0.3, -0.25) is 19.3 Å². The highest BCUT2D eigenvalue weighted by atomic mass is 35.5. The van der Waals surface area contributed by atoms with Crippen molar-refractivity contribution in [1.82, 2.24) is 0 Å². The number of benzene rings is 2. The number of fused-ring (bicyclic) bond motifs is 1. The van der Waals surface area contributed by atoms with E-state index in [2.05, 4.69) is 19.1 Å². The summed E-state index contributed by atoms with van der Waals surface area (Å²) >= 11 is 6.02. The van der Waals surface area contributed by atoms with E-state index in [9.17, 15) is 14.4 Å². The molecule has 2 amide bonds. The second-order valence-corrected chi connectivity index (χ2v) is 9.84. The Morgan fingerprint density at radius 3 is 2.52 bits per heavy atom. The van der Waals surface area contributed by atoms with Crippen LogP contribution >= 0.6 is 11.6 Å². The minimum Gasteiger partial charge on any atom is -0.485 e. The van der Waals surface area contributed by atoms with Gasteiger partial charge in [0.25, 0.3) is 0 Å². The lowest BCUT2D eigenvalue weighted by molar-refractivity contribution is -0.122. The number of rotatable bonds is 6. The topological polar surface area (TPSA) is 63.7 Å². The fourth-order valence-electron chi connectivity index (χ4n) is 5.22. The number of carbonyl (C=O) groups is 3. The predicted molar refractivity (Wildman–Crippen MR) is 126 cm³/mol. The van der Waals surface area contributed by atoms with Gasteiger partial charge < -0.3 is 4.74 Å². The first-order chi connectivity index (χ1) is 15.8. The Morgan fingerprint density at radius 1 is 1.12 bits per heavy atom. The van der Waals surface area contributed by atoms with E-state index in [1.54, 1.807) is 42.5 Å². The van der Waals surface area contributed by atoms with Crippen LogP contribution in [-0.4, -0.2) is 24.2 Å². The Balaban J connectivity index is 1.26. The van der Waals surface area contributed by atoms with Gasteiger partial charge in [0.1, 0.15) is 5.75 Å². The first-order valence-corrected chi connectivity index (χ1v) is 11.8. The van der Waals surface area contributed by atoms with Crippen LogP contribution in [0.25, 0.3) is 0 Å². The van der Waals surface area contributed by atoms with Gasteiger partial charge in [0.2, 0.25) is 11.8 Å².